The van der Waals surface area contributed by atoms with E-state index in [-0.39, 0.29) is 12.7 Å². The Morgan fingerprint density at radius 1 is 1.21 bits per heavy atom. The monoisotopic (exact) mass is 349 g/mol. The Morgan fingerprint density at radius 2 is 2.00 bits per heavy atom. The second kappa shape index (κ2) is 6.88. The number of nitrogens with one attached hydrogen (secondary N) is 1. The number of amides is 1. The summed E-state index contributed by atoms with van der Waals surface area (Å²) >= 11 is 6.04. The molecule has 0 bridgehead atoms. The Labute approximate surface area is 144 Å². The van der Waals surface area contributed by atoms with Crippen molar-refractivity contribution in [3.05, 3.63) is 41.4 Å². The topological polar surface area (TPSA) is 66.0 Å². The zero-order chi connectivity index (χ0) is 17.1. The summed E-state index contributed by atoms with van der Waals surface area (Å²) in [5.41, 5.74) is 0.562. The molecule has 7 heteroatoms. The van der Waals surface area contributed by atoms with Gasteiger partial charge in [0.15, 0.2) is 17.6 Å². The number of hydrogen-bond donors (Lipinski definition) is 1. The SMILES string of the molecule is COc1ccc(NC(=O)C(C)Oc2ccc3c(c2)OCO3)cc1Cl. The lowest BCUT2D eigenvalue weighted by Gasteiger charge is -2.15. The number of benzene rings is 2. The van der Waals surface area contributed by atoms with Crippen LogP contribution in [0.2, 0.25) is 5.02 Å². The van der Waals surface area contributed by atoms with Crippen molar-refractivity contribution in [2.75, 3.05) is 19.2 Å². The summed E-state index contributed by atoms with van der Waals surface area (Å²) in [5.74, 6) is 2.03. The maximum atomic E-state index is 12.2. The quantitative estimate of drug-likeness (QED) is 0.895. The van der Waals surface area contributed by atoms with Crippen LogP contribution in [0.25, 0.3) is 0 Å². The molecule has 1 heterocycles. The number of ether oxygens (including phenoxy) is 4. The summed E-state index contributed by atoms with van der Waals surface area (Å²) in [6, 6.07) is 10.2. The predicted octanol–water partition coefficient (Wildman–Crippen LogP) is 3.48. The molecule has 0 aliphatic carbocycles. The van der Waals surface area contributed by atoms with Crippen LogP contribution in [0.4, 0.5) is 5.69 Å². The fourth-order valence-corrected chi connectivity index (χ4v) is 2.45. The third kappa shape index (κ3) is 3.49. The second-order valence-corrected chi connectivity index (χ2v) is 5.52. The van der Waals surface area contributed by atoms with Gasteiger partial charge in [0.05, 0.1) is 12.1 Å². The van der Waals surface area contributed by atoms with Crippen molar-refractivity contribution >= 4 is 23.2 Å². The van der Waals surface area contributed by atoms with E-state index in [9.17, 15) is 4.79 Å². The van der Waals surface area contributed by atoms with E-state index in [4.69, 9.17) is 30.5 Å². The number of methoxy groups -OCH3 is 1. The summed E-state index contributed by atoms with van der Waals surface area (Å²) in [4.78, 5) is 12.2. The molecule has 1 atom stereocenters. The van der Waals surface area contributed by atoms with Crippen LogP contribution < -0.4 is 24.3 Å². The Balaban J connectivity index is 1.63. The predicted molar refractivity (Wildman–Crippen MR) is 89.3 cm³/mol. The molecule has 3 rings (SSSR count). The molecular formula is C17H16ClNO5. The number of anilines is 1. The maximum absolute atomic E-state index is 12.2. The lowest BCUT2D eigenvalue weighted by Crippen LogP contribution is -2.30. The van der Waals surface area contributed by atoms with Crippen molar-refractivity contribution in [2.45, 2.75) is 13.0 Å². The van der Waals surface area contributed by atoms with E-state index in [1.807, 2.05) is 0 Å². The normalized spacial score (nSPS) is 13.3. The van der Waals surface area contributed by atoms with Gasteiger partial charge in [-0.3, -0.25) is 4.79 Å². The number of rotatable bonds is 5. The molecule has 0 spiro atoms. The summed E-state index contributed by atoms with van der Waals surface area (Å²) in [6.45, 7) is 1.85. The van der Waals surface area contributed by atoms with E-state index >= 15 is 0 Å². The first-order chi connectivity index (χ1) is 11.6. The van der Waals surface area contributed by atoms with E-state index < -0.39 is 6.10 Å². The Bertz CT molecular complexity index is 765. The lowest BCUT2D eigenvalue weighted by atomic mass is 10.2. The number of carbonyl (C=O) groups excluding carboxylic acids is 1. The largest absolute Gasteiger partial charge is 0.495 e. The first-order valence-corrected chi connectivity index (χ1v) is 7.65. The van der Waals surface area contributed by atoms with E-state index in [1.54, 1.807) is 43.3 Å². The molecule has 0 fully saturated rings. The van der Waals surface area contributed by atoms with E-state index in [2.05, 4.69) is 5.32 Å². The molecule has 1 aliphatic rings. The molecule has 0 radical (unpaired) electrons. The van der Waals surface area contributed by atoms with Crippen molar-refractivity contribution in [3.63, 3.8) is 0 Å². The minimum Gasteiger partial charge on any atom is -0.495 e. The number of halogens is 1. The molecule has 24 heavy (non-hydrogen) atoms. The average Bonchev–Trinajstić information content (AvgIpc) is 3.02. The Morgan fingerprint density at radius 3 is 2.75 bits per heavy atom. The lowest BCUT2D eigenvalue weighted by molar-refractivity contribution is -0.122. The molecule has 0 aromatic heterocycles. The first kappa shape index (κ1) is 16.3. The highest BCUT2D eigenvalue weighted by Gasteiger charge is 2.18. The van der Waals surface area contributed by atoms with Gasteiger partial charge in [0.1, 0.15) is 11.5 Å². The summed E-state index contributed by atoms with van der Waals surface area (Å²) < 4.78 is 21.2. The maximum Gasteiger partial charge on any atom is 0.265 e. The number of carbonyl (C=O) groups is 1. The highest BCUT2D eigenvalue weighted by Crippen LogP contribution is 2.35. The van der Waals surface area contributed by atoms with Crippen LogP contribution >= 0.6 is 11.6 Å². The zero-order valence-corrected chi connectivity index (χ0v) is 13.9. The minimum absolute atomic E-state index is 0.188. The van der Waals surface area contributed by atoms with Gasteiger partial charge in [0, 0.05) is 11.8 Å². The second-order valence-electron chi connectivity index (χ2n) is 5.11. The molecule has 1 unspecified atom stereocenters. The minimum atomic E-state index is -0.703. The van der Waals surface area contributed by atoms with Crippen molar-refractivity contribution in [1.29, 1.82) is 0 Å². The van der Waals surface area contributed by atoms with Gasteiger partial charge in [-0.25, -0.2) is 0 Å². The summed E-state index contributed by atoms with van der Waals surface area (Å²) in [6.07, 6.45) is -0.703. The van der Waals surface area contributed by atoms with E-state index in [1.165, 1.54) is 7.11 Å². The average molecular weight is 350 g/mol. The fraction of sp³-hybridized carbons (Fsp3) is 0.235. The van der Waals surface area contributed by atoms with Crippen molar-refractivity contribution in [3.8, 4) is 23.0 Å². The van der Waals surface area contributed by atoms with E-state index in [0.29, 0.717) is 33.7 Å². The van der Waals surface area contributed by atoms with Crippen LogP contribution in [-0.4, -0.2) is 25.9 Å². The van der Waals surface area contributed by atoms with Gasteiger partial charge in [-0.15, -0.1) is 0 Å². The van der Waals surface area contributed by atoms with Crippen LogP contribution in [0.15, 0.2) is 36.4 Å². The van der Waals surface area contributed by atoms with Crippen LogP contribution in [0.1, 0.15) is 6.92 Å². The third-order valence-corrected chi connectivity index (χ3v) is 3.74. The molecular weight excluding hydrogens is 334 g/mol. The van der Waals surface area contributed by atoms with Crippen molar-refractivity contribution in [1.82, 2.24) is 0 Å². The molecule has 1 N–H and O–H groups in total. The zero-order valence-electron chi connectivity index (χ0n) is 13.2. The first-order valence-electron chi connectivity index (χ1n) is 7.27. The molecule has 1 amide bonds. The highest BCUT2D eigenvalue weighted by molar-refractivity contribution is 6.32. The van der Waals surface area contributed by atoms with Crippen LogP contribution in [0.3, 0.4) is 0 Å². The van der Waals surface area contributed by atoms with Crippen LogP contribution in [0, 0.1) is 0 Å². The van der Waals surface area contributed by atoms with Gasteiger partial charge in [0.25, 0.3) is 5.91 Å². The smallest absolute Gasteiger partial charge is 0.265 e. The molecule has 126 valence electrons. The van der Waals surface area contributed by atoms with Gasteiger partial charge in [-0.1, -0.05) is 11.6 Å². The standard InChI is InChI=1S/C17H16ClNO5/c1-10(24-12-4-6-15-16(8-12)23-9-22-15)17(20)19-11-3-5-14(21-2)13(18)7-11/h3-8,10H,9H2,1-2H3,(H,19,20). The molecule has 0 saturated heterocycles. The van der Waals surface area contributed by atoms with Crippen LogP contribution in [0.5, 0.6) is 23.0 Å². The van der Waals surface area contributed by atoms with Crippen molar-refractivity contribution in [2.24, 2.45) is 0 Å². The molecule has 2 aromatic carbocycles. The molecule has 0 saturated carbocycles. The van der Waals surface area contributed by atoms with Gasteiger partial charge in [-0.2, -0.15) is 0 Å². The number of hydrogen-bond acceptors (Lipinski definition) is 5. The van der Waals surface area contributed by atoms with Crippen molar-refractivity contribution < 1.29 is 23.7 Å². The highest BCUT2D eigenvalue weighted by atomic mass is 35.5. The Kier molecular flexibility index (Phi) is 4.66. The summed E-state index contributed by atoms with van der Waals surface area (Å²) in [7, 11) is 1.53. The third-order valence-electron chi connectivity index (χ3n) is 3.45. The molecule has 6 nitrogen and oxygen atoms in total. The summed E-state index contributed by atoms with van der Waals surface area (Å²) in [5, 5.41) is 3.16. The molecule has 2 aromatic rings. The fourth-order valence-electron chi connectivity index (χ4n) is 2.20. The number of fused-ring (bicyclic) bond motifs is 1. The van der Waals surface area contributed by atoms with Gasteiger partial charge in [0.2, 0.25) is 6.79 Å². The van der Waals surface area contributed by atoms with E-state index in [0.717, 1.165) is 0 Å². The van der Waals surface area contributed by atoms with Gasteiger partial charge >= 0.3 is 0 Å². The van der Waals surface area contributed by atoms with Crippen LogP contribution in [-0.2, 0) is 4.79 Å². The van der Waals surface area contributed by atoms with Gasteiger partial charge in [-0.05, 0) is 37.3 Å². The molecule has 1 aliphatic heterocycles. The Hall–Kier alpha value is -2.60. The van der Waals surface area contributed by atoms with Gasteiger partial charge < -0.3 is 24.3 Å².